The summed E-state index contributed by atoms with van der Waals surface area (Å²) in [6, 6.07) is 0. The van der Waals surface area contributed by atoms with Gasteiger partial charge in [0, 0.05) is 7.11 Å². The molecule has 0 saturated carbocycles. The molecular formula is C7H10F7O4P. The van der Waals surface area contributed by atoms with E-state index in [2.05, 4.69) is 13.6 Å². The Labute approximate surface area is 103 Å². The monoisotopic (exact) mass is 322 g/mol. The van der Waals surface area contributed by atoms with Crippen molar-refractivity contribution in [2.24, 2.45) is 0 Å². The largest absolute Gasteiger partial charge is 0.474 e. The first-order valence-corrected chi connectivity index (χ1v) is 6.06. The van der Waals surface area contributed by atoms with Crippen LogP contribution in [0.2, 0.25) is 0 Å². The highest BCUT2D eigenvalue weighted by molar-refractivity contribution is 7.48. The zero-order chi connectivity index (χ0) is 15.5. The first kappa shape index (κ1) is 18.6. The number of rotatable bonds is 7. The molecule has 0 bridgehead atoms. The normalized spacial score (nSPS) is 17.3. The second kappa shape index (κ2) is 5.94. The lowest BCUT2D eigenvalue weighted by molar-refractivity contribution is -0.358. The molecule has 0 aromatic heterocycles. The van der Waals surface area contributed by atoms with Crippen LogP contribution in [0.1, 0.15) is 6.92 Å². The van der Waals surface area contributed by atoms with Crippen molar-refractivity contribution in [3.05, 3.63) is 0 Å². The zero-order valence-electron chi connectivity index (χ0n) is 9.64. The third kappa shape index (κ3) is 4.30. The average molecular weight is 322 g/mol. The lowest BCUT2D eigenvalue weighted by Gasteiger charge is -2.28. The SMILES string of the molecule is CCOP(=O)(OC)OCC(F)(F)C(F)(F)C(F)(F)F. The van der Waals surface area contributed by atoms with Gasteiger partial charge in [0.05, 0.1) is 6.61 Å². The molecule has 0 amide bonds. The molecule has 0 radical (unpaired) electrons. The third-order valence-electron chi connectivity index (χ3n) is 1.73. The Morgan fingerprint density at radius 3 is 1.79 bits per heavy atom. The Kier molecular flexibility index (Phi) is 5.82. The Hall–Kier alpha value is -0.380. The van der Waals surface area contributed by atoms with E-state index in [4.69, 9.17) is 0 Å². The van der Waals surface area contributed by atoms with Gasteiger partial charge in [-0.2, -0.15) is 30.7 Å². The van der Waals surface area contributed by atoms with E-state index in [1.165, 1.54) is 6.92 Å². The fraction of sp³-hybridized carbons (Fsp3) is 1.00. The van der Waals surface area contributed by atoms with Crippen LogP contribution in [0.15, 0.2) is 0 Å². The van der Waals surface area contributed by atoms with E-state index >= 15 is 0 Å². The van der Waals surface area contributed by atoms with Gasteiger partial charge in [0.15, 0.2) is 0 Å². The summed E-state index contributed by atoms with van der Waals surface area (Å²) in [6.07, 6.45) is -6.48. The quantitative estimate of drug-likeness (QED) is 0.530. The predicted molar refractivity (Wildman–Crippen MR) is 48.1 cm³/mol. The van der Waals surface area contributed by atoms with Gasteiger partial charge in [0.2, 0.25) is 0 Å². The van der Waals surface area contributed by atoms with Crippen LogP contribution in [0.3, 0.4) is 0 Å². The van der Waals surface area contributed by atoms with Crippen molar-refractivity contribution >= 4 is 7.82 Å². The van der Waals surface area contributed by atoms with E-state index in [-0.39, 0.29) is 6.61 Å². The van der Waals surface area contributed by atoms with E-state index in [0.29, 0.717) is 7.11 Å². The molecule has 116 valence electrons. The molecule has 0 saturated heterocycles. The van der Waals surface area contributed by atoms with Crippen LogP contribution >= 0.6 is 7.82 Å². The summed E-state index contributed by atoms with van der Waals surface area (Å²) in [5.41, 5.74) is 0. The van der Waals surface area contributed by atoms with Crippen molar-refractivity contribution in [1.82, 2.24) is 0 Å². The Balaban J connectivity index is 4.93. The van der Waals surface area contributed by atoms with Gasteiger partial charge >= 0.3 is 25.8 Å². The van der Waals surface area contributed by atoms with Gasteiger partial charge in [0.25, 0.3) is 0 Å². The fourth-order valence-electron chi connectivity index (χ4n) is 0.759. The minimum absolute atomic E-state index is 0.355. The number of alkyl halides is 7. The highest BCUT2D eigenvalue weighted by Gasteiger charge is 2.73. The first-order chi connectivity index (χ1) is 8.33. The Morgan fingerprint density at radius 2 is 1.47 bits per heavy atom. The van der Waals surface area contributed by atoms with E-state index < -0.39 is 32.5 Å². The maximum absolute atomic E-state index is 12.8. The van der Waals surface area contributed by atoms with Crippen molar-refractivity contribution in [3.8, 4) is 0 Å². The number of phosphoric acid groups is 1. The molecule has 0 spiro atoms. The van der Waals surface area contributed by atoms with Crippen LogP contribution in [0.4, 0.5) is 30.7 Å². The number of halogens is 7. The second-order valence-corrected chi connectivity index (χ2v) is 4.87. The molecule has 0 aliphatic carbocycles. The summed E-state index contributed by atoms with van der Waals surface area (Å²) >= 11 is 0. The maximum atomic E-state index is 12.8. The molecule has 19 heavy (non-hydrogen) atoms. The fourth-order valence-corrected chi connectivity index (χ4v) is 1.68. The van der Waals surface area contributed by atoms with E-state index in [9.17, 15) is 35.3 Å². The van der Waals surface area contributed by atoms with Crippen LogP contribution < -0.4 is 0 Å². The van der Waals surface area contributed by atoms with Gasteiger partial charge in [-0.25, -0.2) is 4.57 Å². The lowest BCUT2D eigenvalue weighted by Crippen LogP contribution is -2.54. The molecule has 0 rings (SSSR count). The van der Waals surface area contributed by atoms with Crippen molar-refractivity contribution in [2.45, 2.75) is 24.9 Å². The summed E-state index contributed by atoms with van der Waals surface area (Å²) in [4.78, 5) is 0. The first-order valence-electron chi connectivity index (χ1n) is 4.60. The van der Waals surface area contributed by atoms with Gasteiger partial charge in [-0.15, -0.1) is 0 Å². The van der Waals surface area contributed by atoms with Crippen molar-refractivity contribution in [1.29, 1.82) is 0 Å². The van der Waals surface area contributed by atoms with Crippen LogP contribution in [0.5, 0.6) is 0 Å². The Morgan fingerprint density at radius 1 is 1.00 bits per heavy atom. The molecule has 1 unspecified atom stereocenters. The molecule has 0 aliphatic heterocycles. The number of hydrogen-bond acceptors (Lipinski definition) is 4. The van der Waals surface area contributed by atoms with Crippen molar-refractivity contribution < 1.29 is 48.9 Å². The van der Waals surface area contributed by atoms with Crippen LogP contribution in [-0.2, 0) is 18.1 Å². The second-order valence-electron chi connectivity index (χ2n) is 3.10. The van der Waals surface area contributed by atoms with Gasteiger partial charge in [0.1, 0.15) is 6.61 Å². The van der Waals surface area contributed by atoms with Gasteiger partial charge in [-0.3, -0.25) is 13.6 Å². The molecule has 0 heterocycles. The molecule has 0 N–H and O–H groups in total. The molecule has 0 aliphatic rings. The number of phosphoric ester groups is 1. The van der Waals surface area contributed by atoms with Crippen LogP contribution in [-0.4, -0.2) is 38.3 Å². The lowest BCUT2D eigenvalue weighted by atomic mass is 10.2. The highest BCUT2D eigenvalue weighted by atomic mass is 31.2. The van der Waals surface area contributed by atoms with Gasteiger partial charge in [-0.05, 0) is 6.92 Å². The van der Waals surface area contributed by atoms with Crippen LogP contribution in [0, 0.1) is 0 Å². The standard InChI is InChI=1S/C7H10F7O4P/c1-3-17-19(15,16-2)18-4-5(8,9)6(10,11)7(12,13)14/h3-4H2,1-2H3. The third-order valence-corrected chi connectivity index (χ3v) is 3.20. The summed E-state index contributed by atoms with van der Waals surface area (Å²) in [5.74, 6) is -12.0. The topological polar surface area (TPSA) is 44.8 Å². The maximum Gasteiger partial charge on any atom is 0.474 e. The molecule has 12 heteroatoms. The molecule has 0 fully saturated rings. The molecular weight excluding hydrogens is 312 g/mol. The summed E-state index contributed by atoms with van der Waals surface area (Å²) in [7, 11) is -3.91. The molecule has 1 atom stereocenters. The van der Waals surface area contributed by atoms with E-state index in [1.54, 1.807) is 0 Å². The van der Waals surface area contributed by atoms with Crippen LogP contribution in [0.25, 0.3) is 0 Å². The van der Waals surface area contributed by atoms with Gasteiger partial charge < -0.3 is 0 Å². The highest BCUT2D eigenvalue weighted by Crippen LogP contribution is 2.52. The predicted octanol–water partition coefficient (Wildman–Crippen LogP) is 3.63. The van der Waals surface area contributed by atoms with E-state index in [1.807, 2.05) is 0 Å². The molecule has 0 aromatic rings. The summed E-state index contributed by atoms with van der Waals surface area (Å²) in [6.45, 7) is -1.59. The average Bonchev–Trinajstić information content (AvgIpc) is 2.25. The molecule has 4 nitrogen and oxygen atoms in total. The Bertz CT molecular complexity index is 343. The zero-order valence-corrected chi connectivity index (χ0v) is 10.5. The summed E-state index contributed by atoms with van der Waals surface area (Å²) < 4.78 is 109. The van der Waals surface area contributed by atoms with Crippen molar-refractivity contribution in [2.75, 3.05) is 20.3 Å². The molecule has 0 aromatic carbocycles. The summed E-state index contributed by atoms with van der Waals surface area (Å²) in [5, 5.41) is 0. The smallest absolute Gasteiger partial charge is 0.290 e. The number of hydrogen-bond donors (Lipinski definition) is 0. The van der Waals surface area contributed by atoms with E-state index in [0.717, 1.165) is 0 Å². The van der Waals surface area contributed by atoms with Gasteiger partial charge in [-0.1, -0.05) is 0 Å². The minimum Gasteiger partial charge on any atom is -0.290 e. The minimum atomic E-state index is -6.48. The van der Waals surface area contributed by atoms with Crippen molar-refractivity contribution in [3.63, 3.8) is 0 Å².